The third-order valence-corrected chi connectivity index (χ3v) is 4.51. The van der Waals surface area contributed by atoms with Gasteiger partial charge in [-0.2, -0.15) is 0 Å². The van der Waals surface area contributed by atoms with Gasteiger partial charge in [0.1, 0.15) is 6.61 Å². The fourth-order valence-electron chi connectivity index (χ4n) is 3.07. The third-order valence-electron chi connectivity index (χ3n) is 4.51. The van der Waals surface area contributed by atoms with Gasteiger partial charge in [-0.05, 0) is 48.9 Å². The predicted octanol–water partition coefficient (Wildman–Crippen LogP) is 4.03. The number of aryl methyl sites for hydroxylation is 1. The molecule has 1 heterocycles. The smallest absolute Gasteiger partial charge is 0.269 e. The molecule has 3 aromatic rings. The van der Waals surface area contributed by atoms with Crippen LogP contribution < -0.4 is 20.1 Å². The van der Waals surface area contributed by atoms with Crippen LogP contribution in [0.1, 0.15) is 15.9 Å². The van der Waals surface area contributed by atoms with Crippen molar-refractivity contribution >= 4 is 23.2 Å². The summed E-state index contributed by atoms with van der Waals surface area (Å²) in [6.07, 6.45) is -0.808. The molecule has 0 saturated carbocycles. The predicted molar refractivity (Wildman–Crippen MR) is 111 cm³/mol. The number of benzene rings is 3. The minimum Gasteiger partial charge on any atom is -0.485 e. The summed E-state index contributed by atoms with van der Waals surface area (Å²) in [5, 5.41) is 5.64. The molecule has 1 aliphatic rings. The quantitative estimate of drug-likeness (QED) is 0.708. The Bertz CT molecular complexity index is 1060. The van der Waals surface area contributed by atoms with Gasteiger partial charge in [-0.15, -0.1) is 0 Å². The standard InChI is InChI=1S/C23H20N2O4/c1-15-7-6-8-16(13-15)24-22(26)17-9-2-3-10-18(17)25-23(27)21-14-28-19-11-4-5-12-20(19)29-21/h2-13,21H,14H2,1H3,(H,24,26)(H,25,27). The number of fused-ring (bicyclic) bond motifs is 1. The molecule has 0 radical (unpaired) electrons. The molecule has 1 unspecified atom stereocenters. The molecule has 6 heteroatoms. The Balaban J connectivity index is 1.48. The molecule has 146 valence electrons. The van der Waals surface area contributed by atoms with Gasteiger partial charge < -0.3 is 20.1 Å². The van der Waals surface area contributed by atoms with E-state index in [2.05, 4.69) is 10.6 Å². The van der Waals surface area contributed by atoms with Gasteiger partial charge in [-0.3, -0.25) is 9.59 Å². The highest BCUT2D eigenvalue weighted by atomic mass is 16.6. The van der Waals surface area contributed by atoms with E-state index in [1.807, 2.05) is 43.3 Å². The number of hydrogen-bond acceptors (Lipinski definition) is 4. The minimum absolute atomic E-state index is 0.0977. The SMILES string of the molecule is Cc1cccc(NC(=O)c2ccccc2NC(=O)C2COc3ccccc3O2)c1. The van der Waals surface area contributed by atoms with Gasteiger partial charge in [0.05, 0.1) is 11.3 Å². The fraction of sp³-hybridized carbons (Fsp3) is 0.130. The number of carbonyl (C=O) groups excluding carboxylic acids is 2. The maximum absolute atomic E-state index is 12.7. The van der Waals surface area contributed by atoms with Crippen LogP contribution in [-0.4, -0.2) is 24.5 Å². The van der Waals surface area contributed by atoms with Crippen molar-refractivity contribution in [1.82, 2.24) is 0 Å². The third kappa shape index (κ3) is 4.21. The summed E-state index contributed by atoms with van der Waals surface area (Å²) in [5.74, 6) is 0.437. The van der Waals surface area contributed by atoms with Crippen LogP contribution in [0, 0.1) is 6.92 Å². The largest absolute Gasteiger partial charge is 0.485 e. The molecule has 6 nitrogen and oxygen atoms in total. The van der Waals surface area contributed by atoms with Gasteiger partial charge in [0, 0.05) is 5.69 Å². The summed E-state index contributed by atoms with van der Waals surface area (Å²) in [4.78, 5) is 25.5. The lowest BCUT2D eigenvalue weighted by Crippen LogP contribution is -2.40. The number of nitrogens with one attached hydrogen (secondary N) is 2. The zero-order chi connectivity index (χ0) is 20.2. The molecule has 4 rings (SSSR count). The average Bonchev–Trinajstić information content (AvgIpc) is 2.73. The molecule has 0 bridgehead atoms. The number of hydrogen-bond donors (Lipinski definition) is 2. The van der Waals surface area contributed by atoms with Gasteiger partial charge in [0.2, 0.25) is 6.10 Å². The van der Waals surface area contributed by atoms with Crippen molar-refractivity contribution in [3.05, 3.63) is 83.9 Å². The fourth-order valence-corrected chi connectivity index (χ4v) is 3.07. The first-order valence-corrected chi connectivity index (χ1v) is 9.26. The van der Waals surface area contributed by atoms with Crippen LogP contribution in [0.25, 0.3) is 0 Å². The molecule has 2 amide bonds. The maximum atomic E-state index is 12.7. The summed E-state index contributed by atoms with van der Waals surface area (Å²) in [5.41, 5.74) is 2.50. The molecule has 0 aromatic heterocycles. The van der Waals surface area contributed by atoms with E-state index in [-0.39, 0.29) is 18.4 Å². The molecule has 0 saturated heterocycles. The van der Waals surface area contributed by atoms with E-state index in [9.17, 15) is 9.59 Å². The van der Waals surface area contributed by atoms with Crippen LogP contribution in [-0.2, 0) is 4.79 Å². The van der Waals surface area contributed by atoms with Crippen LogP contribution in [0.5, 0.6) is 11.5 Å². The molecule has 0 fully saturated rings. The van der Waals surface area contributed by atoms with E-state index in [1.165, 1.54) is 0 Å². The van der Waals surface area contributed by atoms with E-state index in [0.29, 0.717) is 28.4 Å². The lowest BCUT2D eigenvalue weighted by Gasteiger charge is -2.25. The van der Waals surface area contributed by atoms with Crippen LogP contribution in [0.15, 0.2) is 72.8 Å². The summed E-state index contributed by atoms with van der Waals surface area (Å²) < 4.78 is 11.3. The second kappa shape index (κ2) is 8.06. The molecule has 29 heavy (non-hydrogen) atoms. The van der Waals surface area contributed by atoms with Crippen molar-refractivity contribution in [1.29, 1.82) is 0 Å². The van der Waals surface area contributed by atoms with Gasteiger partial charge in [-0.1, -0.05) is 36.4 Å². The average molecular weight is 388 g/mol. The molecule has 1 aliphatic heterocycles. The number of para-hydroxylation sites is 3. The monoisotopic (exact) mass is 388 g/mol. The molecular weight excluding hydrogens is 368 g/mol. The Kier molecular flexibility index (Phi) is 5.16. The van der Waals surface area contributed by atoms with Crippen molar-refractivity contribution in [2.75, 3.05) is 17.2 Å². The highest BCUT2D eigenvalue weighted by molar-refractivity contribution is 6.10. The Labute approximate surface area is 168 Å². The van der Waals surface area contributed by atoms with E-state index >= 15 is 0 Å². The topological polar surface area (TPSA) is 76.7 Å². The Morgan fingerprint density at radius 2 is 1.66 bits per heavy atom. The van der Waals surface area contributed by atoms with Crippen molar-refractivity contribution in [2.45, 2.75) is 13.0 Å². The molecule has 1 atom stereocenters. The maximum Gasteiger partial charge on any atom is 0.269 e. The van der Waals surface area contributed by atoms with Crippen molar-refractivity contribution in [3.8, 4) is 11.5 Å². The van der Waals surface area contributed by atoms with Crippen LogP contribution >= 0.6 is 0 Å². The van der Waals surface area contributed by atoms with Crippen molar-refractivity contribution < 1.29 is 19.1 Å². The van der Waals surface area contributed by atoms with Crippen LogP contribution in [0.2, 0.25) is 0 Å². The van der Waals surface area contributed by atoms with Gasteiger partial charge in [-0.25, -0.2) is 0 Å². The lowest BCUT2D eigenvalue weighted by molar-refractivity contribution is -0.125. The van der Waals surface area contributed by atoms with Crippen molar-refractivity contribution in [2.24, 2.45) is 0 Å². The van der Waals surface area contributed by atoms with Crippen LogP contribution in [0.4, 0.5) is 11.4 Å². The number of ether oxygens (including phenoxy) is 2. The first kappa shape index (κ1) is 18.6. The molecule has 0 aliphatic carbocycles. The lowest BCUT2D eigenvalue weighted by atomic mass is 10.1. The molecule has 0 spiro atoms. The summed E-state index contributed by atoms with van der Waals surface area (Å²) >= 11 is 0. The zero-order valence-electron chi connectivity index (χ0n) is 15.8. The van der Waals surface area contributed by atoms with E-state index in [0.717, 1.165) is 5.56 Å². The van der Waals surface area contributed by atoms with Gasteiger partial charge in [0.25, 0.3) is 11.8 Å². The second-order valence-corrected chi connectivity index (χ2v) is 6.72. The number of rotatable bonds is 4. The minimum atomic E-state index is -0.808. The normalized spacial score (nSPS) is 14.7. The summed E-state index contributed by atoms with van der Waals surface area (Å²) in [6.45, 7) is 2.05. The number of carbonyl (C=O) groups is 2. The highest BCUT2D eigenvalue weighted by Gasteiger charge is 2.28. The van der Waals surface area contributed by atoms with E-state index in [4.69, 9.17) is 9.47 Å². The Morgan fingerprint density at radius 3 is 2.48 bits per heavy atom. The van der Waals surface area contributed by atoms with Crippen molar-refractivity contribution in [3.63, 3.8) is 0 Å². The first-order valence-electron chi connectivity index (χ1n) is 9.26. The zero-order valence-corrected chi connectivity index (χ0v) is 15.8. The Hall–Kier alpha value is -3.80. The van der Waals surface area contributed by atoms with E-state index in [1.54, 1.807) is 36.4 Å². The number of amides is 2. The van der Waals surface area contributed by atoms with Gasteiger partial charge in [0.15, 0.2) is 11.5 Å². The second-order valence-electron chi connectivity index (χ2n) is 6.72. The Morgan fingerprint density at radius 1 is 0.897 bits per heavy atom. The highest BCUT2D eigenvalue weighted by Crippen LogP contribution is 2.31. The molecule has 3 aromatic carbocycles. The summed E-state index contributed by atoms with van der Waals surface area (Å²) in [6, 6.07) is 21.6. The molecular formula is C23H20N2O4. The number of anilines is 2. The van der Waals surface area contributed by atoms with Crippen LogP contribution in [0.3, 0.4) is 0 Å². The summed E-state index contributed by atoms with van der Waals surface area (Å²) in [7, 11) is 0. The van der Waals surface area contributed by atoms with E-state index < -0.39 is 6.10 Å². The molecule has 2 N–H and O–H groups in total. The van der Waals surface area contributed by atoms with Gasteiger partial charge >= 0.3 is 0 Å². The first-order chi connectivity index (χ1) is 14.1.